The van der Waals surface area contributed by atoms with E-state index in [1.165, 1.54) is 58.3 Å². The van der Waals surface area contributed by atoms with E-state index in [0.29, 0.717) is 0 Å². The van der Waals surface area contributed by atoms with Crippen molar-refractivity contribution in [3.8, 4) is 0 Å². The fourth-order valence-electron chi connectivity index (χ4n) is 3.45. The van der Waals surface area contributed by atoms with Crippen molar-refractivity contribution in [3.63, 3.8) is 0 Å². The molecule has 0 spiro atoms. The van der Waals surface area contributed by atoms with Gasteiger partial charge < -0.3 is 10.2 Å². The number of rotatable bonds is 4. The summed E-state index contributed by atoms with van der Waals surface area (Å²) >= 11 is 0. The van der Waals surface area contributed by atoms with Crippen molar-refractivity contribution >= 4 is 0 Å². The monoisotopic (exact) mass is 224 g/mol. The Morgan fingerprint density at radius 2 is 2.19 bits per heavy atom. The molecule has 0 radical (unpaired) electrons. The maximum Gasteiger partial charge on any atom is 0.00700 e. The number of nitrogens with zero attached hydrogens (tertiary/aromatic N) is 1. The molecule has 16 heavy (non-hydrogen) atoms. The molecule has 0 bridgehead atoms. The average molecular weight is 224 g/mol. The first-order valence-corrected chi connectivity index (χ1v) is 7.20. The van der Waals surface area contributed by atoms with Gasteiger partial charge in [0.25, 0.3) is 0 Å². The van der Waals surface area contributed by atoms with Crippen molar-refractivity contribution < 1.29 is 0 Å². The zero-order valence-corrected chi connectivity index (χ0v) is 11.0. The fourth-order valence-corrected chi connectivity index (χ4v) is 3.45. The summed E-state index contributed by atoms with van der Waals surface area (Å²) in [4.78, 5) is 2.70. The summed E-state index contributed by atoms with van der Waals surface area (Å²) in [6.07, 6.45) is 7.10. The van der Waals surface area contributed by atoms with E-state index in [2.05, 4.69) is 24.1 Å². The van der Waals surface area contributed by atoms with Gasteiger partial charge in [-0.25, -0.2) is 0 Å². The van der Waals surface area contributed by atoms with Gasteiger partial charge in [-0.2, -0.15) is 0 Å². The van der Waals surface area contributed by atoms with Crippen molar-refractivity contribution in [2.45, 2.75) is 52.0 Å². The van der Waals surface area contributed by atoms with E-state index in [0.717, 1.165) is 17.9 Å². The molecule has 0 amide bonds. The van der Waals surface area contributed by atoms with Crippen LogP contribution in [0.3, 0.4) is 0 Å². The Morgan fingerprint density at radius 1 is 1.31 bits per heavy atom. The van der Waals surface area contributed by atoms with Crippen LogP contribution in [-0.2, 0) is 0 Å². The Kier molecular flexibility index (Phi) is 4.66. The number of piperidine rings is 1. The highest BCUT2D eigenvalue weighted by atomic mass is 15.2. The lowest BCUT2D eigenvalue weighted by Gasteiger charge is -2.25. The average Bonchev–Trinajstić information content (AvgIpc) is 2.59. The minimum atomic E-state index is 0.833. The standard InChI is InChI=1S/C14H28N2/c1-12-9-13(2)16(11-12)8-4-6-14-5-3-7-15-10-14/h12-15H,3-11H2,1-2H3. The van der Waals surface area contributed by atoms with E-state index < -0.39 is 0 Å². The third kappa shape index (κ3) is 3.46. The summed E-state index contributed by atoms with van der Waals surface area (Å²) in [6.45, 7) is 9.97. The Morgan fingerprint density at radius 3 is 2.81 bits per heavy atom. The minimum absolute atomic E-state index is 0.833. The topological polar surface area (TPSA) is 15.3 Å². The van der Waals surface area contributed by atoms with E-state index in [1.54, 1.807) is 0 Å². The number of hydrogen-bond acceptors (Lipinski definition) is 2. The van der Waals surface area contributed by atoms with Crippen LogP contribution in [0.25, 0.3) is 0 Å². The molecule has 2 saturated heterocycles. The second-order valence-corrected chi connectivity index (χ2v) is 6.04. The van der Waals surface area contributed by atoms with Gasteiger partial charge in [-0.05, 0) is 70.5 Å². The zero-order chi connectivity index (χ0) is 11.4. The van der Waals surface area contributed by atoms with Gasteiger partial charge in [0.05, 0.1) is 0 Å². The molecule has 2 nitrogen and oxygen atoms in total. The van der Waals surface area contributed by atoms with E-state index >= 15 is 0 Å². The van der Waals surface area contributed by atoms with Gasteiger partial charge in [-0.3, -0.25) is 0 Å². The summed E-state index contributed by atoms with van der Waals surface area (Å²) in [5.74, 6) is 1.88. The van der Waals surface area contributed by atoms with Crippen LogP contribution in [0.4, 0.5) is 0 Å². The molecule has 2 rings (SSSR count). The van der Waals surface area contributed by atoms with Crippen molar-refractivity contribution in [1.82, 2.24) is 10.2 Å². The van der Waals surface area contributed by atoms with Gasteiger partial charge in [-0.1, -0.05) is 6.92 Å². The second kappa shape index (κ2) is 6.02. The summed E-state index contributed by atoms with van der Waals surface area (Å²) in [7, 11) is 0. The van der Waals surface area contributed by atoms with Crippen molar-refractivity contribution in [2.75, 3.05) is 26.2 Å². The van der Waals surface area contributed by atoms with Crippen LogP contribution >= 0.6 is 0 Å². The van der Waals surface area contributed by atoms with Gasteiger partial charge in [0, 0.05) is 12.6 Å². The zero-order valence-electron chi connectivity index (χ0n) is 11.0. The van der Waals surface area contributed by atoms with E-state index in [1.807, 2.05) is 0 Å². The normalized spacial score (nSPS) is 36.8. The highest BCUT2D eigenvalue weighted by molar-refractivity contribution is 4.80. The number of hydrogen-bond donors (Lipinski definition) is 1. The molecule has 0 aromatic heterocycles. The highest BCUT2D eigenvalue weighted by Crippen LogP contribution is 2.23. The molecule has 1 N–H and O–H groups in total. The lowest BCUT2D eigenvalue weighted by molar-refractivity contribution is 0.245. The van der Waals surface area contributed by atoms with Crippen LogP contribution in [0.15, 0.2) is 0 Å². The number of nitrogens with one attached hydrogen (secondary N) is 1. The van der Waals surface area contributed by atoms with Crippen LogP contribution in [0, 0.1) is 11.8 Å². The van der Waals surface area contributed by atoms with Gasteiger partial charge in [0.2, 0.25) is 0 Å². The van der Waals surface area contributed by atoms with Gasteiger partial charge in [0.15, 0.2) is 0 Å². The molecule has 94 valence electrons. The maximum absolute atomic E-state index is 3.52. The predicted octanol–water partition coefficient (Wildman–Crippen LogP) is 2.50. The summed E-state index contributed by atoms with van der Waals surface area (Å²) in [5, 5.41) is 3.52. The summed E-state index contributed by atoms with van der Waals surface area (Å²) < 4.78 is 0. The molecule has 0 aromatic carbocycles. The summed E-state index contributed by atoms with van der Waals surface area (Å²) in [6, 6.07) is 0.833. The predicted molar refractivity (Wildman–Crippen MR) is 69.6 cm³/mol. The van der Waals surface area contributed by atoms with Crippen molar-refractivity contribution in [2.24, 2.45) is 11.8 Å². The van der Waals surface area contributed by atoms with Gasteiger partial charge >= 0.3 is 0 Å². The maximum atomic E-state index is 3.52. The molecule has 2 aliphatic heterocycles. The third-order valence-corrected chi connectivity index (χ3v) is 4.37. The van der Waals surface area contributed by atoms with Gasteiger partial charge in [0.1, 0.15) is 0 Å². The molecule has 2 heterocycles. The molecule has 0 aromatic rings. The molecule has 3 unspecified atom stereocenters. The highest BCUT2D eigenvalue weighted by Gasteiger charge is 2.25. The lowest BCUT2D eigenvalue weighted by Crippen LogP contribution is -2.31. The van der Waals surface area contributed by atoms with Crippen LogP contribution in [-0.4, -0.2) is 37.1 Å². The van der Waals surface area contributed by atoms with Crippen LogP contribution < -0.4 is 5.32 Å². The Bertz CT molecular complexity index is 199. The van der Waals surface area contributed by atoms with Gasteiger partial charge in [-0.15, -0.1) is 0 Å². The second-order valence-electron chi connectivity index (χ2n) is 6.04. The molecular formula is C14H28N2. The Balaban J connectivity index is 1.60. The van der Waals surface area contributed by atoms with E-state index in [9.17, 15) is 0 Å². The Hall–Kier alpha value is -0.0800. The Labute approximate surface area is 101 Å². The lowest BCUT2D eigenvalue weighted by atomic mass is 9.94. The molecule has 0 saturated carbocycles. The van der Waals surface area contributed by atoms with Crippen LogP contribution in [0.1, 0.15) is 46.0 Å². The van der Waals surface area contributed by atoms with Crippen LogP contribution in [0.5, 0.6) is 0 Å². The first-order chi connectivity index (χ1) is 7.75. The van der Waals surface area contributed by atoms with Crippen molar-refractivity contribution in [1.29, 1.82) is 0 Å². The SMILES string of the molecule is CC1CC(C)N(CCCC2CCCNC2)C1. The fraction of sp³-hybridized carbons (Fsp3) is 1.00. The van der Waals surface area contributed by atoms with E-state index in [4.69, 9.17) is 0 Å². The summed E-state index contributed by atoms with van der Waals surface area (Å²) in [5.41, 5.74) is 0. The molecule has 0 aliphatic carbocycles. The molecule has 2 aliphatic rings. The molecule has 3 atom stereocenters. The first kappa shape index (κ1) is 12.4. The third-order valence-electron chi connectivity index (χ3n) is 4.37. The van der Waals surface area contributed by atoms with Crippen molar-refractivity contribution in [3.05, 3.63) is 0 Å². The smallest absolute Gasteiger partial charge is 0.00700 e. The van der Waals surface area contributed by atoms with Crippen LogP contribution in [0.2, 0.25) is 0 Å². The molecular weight excluding hydrogens is 196 g/mol. The molecule has 2 heteroatoms. The minimum Gasteiger partial charge on any atom is -0.316 e. The largest absolute Gasteiger partial charge is 0.316 e. The first-order valence-electron chi connectivity index (χ1n) is 7.20. The molecule has 2 fully saturated rings. The van der Waals surface area contributed by atoms with E-state index in [-0.39, 0.29) is 0 Å². The number of likely N-dealkylation sites (tertiary alicyclic amines) is 1. The quantitative estimate of drug-likeness (QED) is 0.789.